The van der Waals surface area contributed by atoms with Crippen LogP contribution in [0.25, 0.3) is 0 Å². The molecule has 1 aromatic rings. The predicted octanol–water partition coefficient (Wildman–Crippen LogP) is 2.55. The highest BCUT2D eigenvalue weighted by Gasteiger charge is 2.26. The van der Waals surface area contributed by atoms with Gasteiger partial charge in [-0.25, -0.2) is 4.98 Å². The lowest BCUT2D eigenvalue weighted by Crippen LogP contribution is -2.44. The molecule has 2 fully saturated rings. The van der Waals surface area contributed by atoms with Crippen LogP contribution in [0.1, 0.15) is 36.4 Å². The van der Waals surface area contributed by atoms with Gasteiger partial charge < -0.3 is 4.90 Å². The Morgan fingerprint density at radius 3 is 3.00 bits per heavy atom. The molecular weight excluding hydrogens is 254 g/mol. The number of nitrogens with zero attached hydrogens (tertiary/aromatic N) is 3. The minimum Gasteiger partial charge on any atom is -0.301 e. The summed E-state index contributed by atoms with van der Waals surface area (Å²) in [4.78, 5) is 9.99. The van der Waals surface area contributed by atoms with Gasteiger partial charge >= 0.3 is 0 Å². The molecule has 0 bridgehead atoms. The first-order chi connectivity index (χ1) is 9.31. The Balaban J connectivity index is 1.53. The third-order valence-electron chi connectivity index (χ3n) is 4.45. The van der Waals surface area contributed by atoms with Crippen molar-refractivity contribution in [2.45, 2.75) is 45.1 Å². The summed E-state index contributed by atoms with van der Waals surface area (Å²) < 4.78 is 0. The van der Waals surface area contributed by atoms with Crippen molar-refractivity contribution < 1.29 is 0 Å². The molecule has 0 saturated carbocycles. The zero-order valence-corrected chi connectivity index (χ0v) is 12.8. The quantitative estimate of drug-likeness (QED) is 0.847. The molecule has 4 heteroatoms. The monoisotopic (exact) mass is 279 g/mol. The number of fused-ring (bicyclic) bond motifs is 1. The fourth-order valence-corrected chi connectivity index (χ4v) is 4.19. The molecule has 0 aliphatic carbocycles. The Bertz CT molecular complexity index is 404. The zero-order chi connectivity index (χ0) is 13.1. The maximum absolute atomic E-state index is 4.58. The van der Waals surface area contributed by atoms with E-state index in [9.17, 15) is 0 Å². The molecule has 3 heterocycles. The van der Waals surface area contributed by atoms with Gasteiger partial charge in [-0.15, -0.1) is 11.3 Å². The predicted molar refractivity (Wildman–Crippen MR) is 80.8 cm³/mol. The first-order valence-electron chi connectivity index (χ1n) is 7.69. The number of hydrogen-bond acceptors (Lipinski definition) is 4. The van der Waals surface area contributed by atoms with E-state index < -0.39 is 0 Å². The van der Waals surface area contributed by atoms with Crippen LogP contribution in [0, 0.1) is 6.92 Å². The third-order valence-corrected chi connectivity index (χ3v) is 5.47. The average molecular weight is 279 g/mol. The molecule has 0 spiro atoms. The summed E-state index contributed by atoms with van der Waals surface area (Å²) in [5.41, 5.74) is 1.18. The zero-order valence-electron chi connectivity index (χ0n) is 12.0. The highest BCUT2D eigenvalue weighted by atomic mass is 32.1. The SMILES string of the molecule is Cc1csc(CCN2CCCN3CCCCC3C2)n1. The Hall–Kier alpha value is -0.450. The van der Waals surface area contributed by atoms with Crippen molar-refractivity contribution in [2.75, 3.05) is 32.7 Å². The van der Waals surface area contributed by atoms with Gasteiger partial charge in [0, 0.05) is 36.6 Å². The molecule has 0 amide bonds. The van der Waals surface area contributed by atoms with E-state index in [1.807, 2.05) is 11.3 Å². The second-order valence-electron chi connectivity index (χ2n) is 5.97. The lowest BCUT2D eigenvalue weighted by atomic mass is 10.0. The lowest BCUT2D eigenvalue weighted by Gasteiger charge is -2.35. The second kappa shape index (κ2) is 6.33. The lowest BCUT2D eigenvalue weighted by molar-refractivity contribution is 0.137. The number of aromatic nitrogens is 1. The molecule has 0 aromatic carbocycles. The van der Waals surface area contributed by atoms with E-state index in [0.717, 1.165) is 12.5 Å². The van der Waals surface area contributed by atoms with E-state index in [4.69, 9.17) is 0 Å². The van der Waals surface area contributed by atoms with Crippen LogP contribution in [0.15, 0.2) is 5.38 Å². The number of rotatable bonds is 3. The molecule has 19 heavy (non-hydrogen) atoms. The number of hydrogen-bond donors (Lipinski definition) is 0. The van der Waals surface area contributed by atoms with Gasteiger partial charge in [0.2, 0.25) is 0 Å². The van der Waals surface area contributed by atoms with Crippen molar-refractivity contribution in [3.63, 3.8) is 0 Å². The molecule has 1 aromatic heterocycles. The smallest absolute Gasteiger partial charge is 0.0940 e. The Morgan fingerprint density at radius 2 is 2.16 bits per heavy atom. The number of thiazole rings is 1. The van der Waals surface area contributed by atoms with Gasteiger partial charge in [-0.1, -0.05) is 6.42 Å². The molecular formula is C15H25N3S. The fraction of sp³-hybridized carbons (Fsp3) is 0.800. The molecule has 106 valence electrons. The molecule has 0 radical (unpaired) electrons. The third kappa shape index (κ3) is 3.56. The van der Waals surface area contributed by atoms with Crippen molar-refractivity contribution in [3.05, 3.63) is 16.1 Å². The normalized spacial score (nSPS) is 26.1. The Kier molecular flexibility index (Phi) is 4.51. The van der Waals surface area contributed by atoms with Gasteiger partial charge in [0.1, 0.15) is 0 Å². The van der Waals surface area contributed by atoms with Crippen LogP contribution in [0.3, 0.4) is 0 Å². The summed E-state index contributed by atoms with van der Waals surface area (Å²) in [5.74, 6) is 0. The van der Waals surface area contributed by atoms with Gasteiger partial charge in [-0.3, -0.25) is 4.90 Å². The minimum atomic E-state index is 0.828. The molecule has 3 rings (SSSR count). The van der Waals surface area contributed by atoms with E-state index in [0.29, 0.717) is 0 Å². The summed E-state index contributed by atoms with van der Waals surface area (Å²) in [5, 5.41) is 3.47. The standard InChI is InChI=1S/C15H25N3S/c1-13-12-19-15(16-13)6-10-17-7-4-9-18-8-3-2-5-14(18)11-17/h12,14H,2-11H2,1H3. The molecule has 3 nitrogen and oxygen atoms in total. The minimum absolute atomic E-state index is 0.828. The van der Waals surface area contributed by atoms with Gasteiger partial charge in [-0.2, -0.15) is 0 Å². The summed E-state index contributed by atoms with van der Waals surface area (Å²) in [6, 6.07) is 0.828. The molecule has 2 aliphatic heterocycles. The van der Waals surface area contributed by atoms with Crippen LogP contribution in [0.4, 0.5) is 0 Å². The van der Waals surface area contributed by atoms with Crippen LogP contribution in [0.2, 0.25) is 0 Å². The van der Waals surface area contributed by atoms with E-state index in [1.165, 1.54) is 69.1 Å². The molecule has 0 N–H and O–H groups in total. The van der Waals surface area contributed by atoms with Gasteiger partial charge in [0.25, 0.3) is 0 Å². The largest absolute Gasteiger partial charge is 0.301 e. The van der Waals surface area contributed by atoms with E-state index in [2.05, 4.69) is 27.1 Å². The first-order valence-corrected chi connectivity index (χ1v) is 8.56. The highest BCUT2D eigenvalue weighted by Crippen LogP contribution is 2.21. The van der Waals surface area contributed by atoms with Gasteiger partial charge in [-0.05, 0) is 45.8 Å². The molecule has 1 unspecified atom stereocenters. The Labute approximate surface area is 120 Å². The molecule has 2 aliphatic rings. The number of aryl methyl sites for hydroxylation is 1. The van der Waals surface area contributed by atoms with Crippen molar-refractivity contribution in [3.8, 4) is 0 Å². The van der Waals surface area contributed by atoms with Crippen molar-refractivity contribution in [2.24, 2.45) is 0 Å². The van der Waals surface area contributed by atoms with Crippen molar-refractivity contribution >= 4 is 11.3 Å². The van der Waals surface area contributed by atoms with Gasteiger partial charge in [0.05, 0.1) is 5.01 Å². The summed E-state index contributed by atoms with van der Waals surface area (Å²) >= 11 is 1.82. The maximum atomic E-state index is 4.58. The van der Waals surface area contributed by atoms with E-state index >= 15 is 0 Å². The topological polar surface area (TPSA) is 19.4 Å². The maximum Gasteiger partial charge on any atom is 0.0940 e. The van der Waals surface area contributed by atoms with Crippen LogP contribution in [0.5, 0.6) is 0 Å². The molecule has 2 saturated heterocycles. The summed E-state index contributed by atoms with van der Waals surface area (Å²) in [6.45, 7) is 8.49. The van der Waals surface area contributed by atoms with E-state index in [-0.39, 0.29) is 0 Å². The highest BCUT2D eigenvalue weighted by molar-refractivity contribution is 7.09. The van der Waals surface area contributed by atoms with Crippen LogP contribution >= 0.6 is 11.3 Å². The van der Waals surface area contributed by atoms with Crippen LogP contribution in [-0.4, -0.2) is 53.5 Å². The molecule has 1 atom stereocenters. The van der Waals surface area contributed by atoms with E-state index in [1.54, 1.807) is 0 Å². The van der Waals surface area contributed by atoms with Crippen LogP contribution < -0.4 is 0 Å². The van der Waals surface area contributed by atoms with Crippen molar-refractivity contribution in [1.29, 1.82) is 0 Å². The fourth-order valence-electron chi connectivity index (χ4n) is 3.42. The first kappa shape index (κ1) is 13.5. The van der Waals surface area contributed by atoms with Gasteiger partial charge in [0.15, 0.2) is 0 Å². The van der Waals surface area contributed by atoms with Crippen molar-refractivity contribution in [1.82, 2.24) is 14.8 Å². The summed E-state index contributed by atoms with van der Waals surface area (Å²) in [6.07, 6.45) is 6.72. The summed E-state index contributed by atoms with van der Waals surface area (Å²) in [7, 11) is 0. The Morgan fingerprint density at radius 1 is 1.26 bits per heavy atom. The average Bonchev–Trinajstić information content (AvgIpc) is 2.72. The second-order valence-corrected chi connectivity index (χ2v) is 6.92. The number of piperidine rings is 1. The van der Waals surface area contributed by atoms with Crippen LogP contribution in [-0.2, 0) is 6.42 Å².